The molecule has 0 aliphatic heterocycles. The lowest BCUT2D eigenvalue weighted by Gasteiger charge is -2.32. The first-order valence-corrected chi connectivity index (χ1v) is 7.83. The molecule has 0 radical (unpaired) electrons. The molecule has 124 valence electrons. The van der Waals surface area contributed by atoms with Crippen molar-refractivity contribution in [2.45, 2.75) is 51.3 Å². The van der Waals surface area contributed by atoms with Crippen molar-refractivity contribution >= 4 is 22.7 Å². The van der Waals surface area contributed by atoms with Gasteiger partial charge in [0.05, 0.1) is 11.5 Å². The van der Waals surface area contributed by atoms with Crippen molar-refractivity contribution in [3.8, 4) is 0 Å². The molecule has 0 spiro atoms. The lowest BCUT2D eigenvalue weighted by atomic mass is 9.89. The van der Waals surface area contributed by atoms with Crippen LogP contribution in [0.3, 0.4) is 0 Å². The molecule has 2 heterocycles. The Balaban J connectivity index is 2.06. The summed E-state index contributed by atoms with van der Waals surface area (Å²) in [6, 6.07) is 1.86. The van der Waals surface area contributed by atoms with Gasteiger partial charge in [-0.1, -0.05) is 0 Å². The quantitative estimate of drug-likeness (QED) is 0.794. The van der Waals surface area contributed by atoms with Crippen LogP contribution in [0.2, 0.25) is 0 Å². The fourth-order valence-corrected chi connectivity index (χ4v) is 2.65. The van der Waals surface area contributed by atoms with E-state index in [2.05, 4.69) is 20.6 Å². The third kappa shape index (κ3) is 3.14. The van der Waals surface area contributed by atoms with Crippen LogP contribution in [0.25, 0.3) is 10.9 Å². The number of fused-ring (bicyclic) bond motifs is 1. The molecule has 7 heteroatoms. The zero-order valence-electron chi connectivity index (χ0n) is 13.9. The summed E-state index contributed by atoms with van der Waals surface area (Å²) in [6.07, 6.45) is 2.74. The zero-order valence-corrected chi connectivity index (χ0v) is 13.9. The minimum Gasteiger partial charge on any atom is -0.393 e. The number of nitrogens with one attached hydrogen (secondary N) is 2. The van der Waals surface area contributed by atoms with Crippen LogP contribution in [0, 0.1) is 0 Å². The van der Waals surface area contributed by atoms with Gasteiger partial charge < -0.3 is 15.7 Å². The first-order chi connectivity index (χ1) is 10.7. The standard InChI is InChI=1S/C16H23N5O2/c1-16(2,3)20-15-19-12-11(14(23)21(15)4)5-6-17-13(12)18-9-7-10(22)8-9/h5-6,9-10,22H,7-8H2,1-4H3,(H,17,18)(H,19,20). The van der Waals surface area contributed by atoms with Crippen LogP contribution in [0.15, 0.2) is 17.1 Å². The highest BCUT2D eigenvalue weighted by molar-refractivity contribution is 5.88. The molecule has 1 saturated carbocycles. The van der Waals surface area contributed by atoms with Crippen LogP contribution >= 0.6 is 0 Å². The molecule has 2 aromatic rings. The number of hydrogen-bond acceptors (Lipinski definition) is 6. The largest absolute Gasteiger partial charge is 0.393 e. The van der Waals surface area contributed by atoms with E-state index in [1.54, 1.807) is 19.3 Å². The van der Waals surface area contributed by atoms with E-state index in [-0.39, 0.29) is 23.2 Å². The molecule has 0 bridgehead atoms. The first-order valence-electron chi connectivity index (χ1n) is 7.83. The number of pyridine rings is 1. The van der Waals surface area contributed by atoms with Crippen molar-refractivity contribution in [3.05, 3.63) is 22.6 Å². The monoisotopic (exact) mass is 317 g/mol. The Labute approximate surface area is 134 Å². The van der Waals surface area contributed by atoms with Gasteiger partial charge in [0.2, 0.25) is 5.95 Å². The molecule has 0 unspecified atom stereocenters. The maximum Gasteiger partial charge on any atom is 0.262 e. The van der Waals surface area contributed by atoms with E-state index in [1.807, 2.05) is 20.8 Å². The first kappa shape index (κ1) is 15.7. The Morgan fingerprint density at radius 2 is 2.04 bits per heavy atom. The summed E-state index contributed by atoms with van der Waals surface area (Å²) < 4.78 is 1.52. The van der Waals surface area contributed by atoms with Gasteiger partial charge in [0.1, 0.15) is 5.52 Å². The summed E-state index contributed by atoms with van der Waals surface area (Å²) in [5.41, 5.74) is 0.239. The summed E-state index contributed by atoms with van der Waals surface area (Å²) >= 11 is 0. The van der Waals surface area contributed by atoms with Crippen LogP contribution in [-0.4, -0.2) is 37.3 Å². The molecule has 0 saturated heterocycles. The summed E-state index contributed by atoms with van der Waals surface area (Å²) in [5.74, 6) is 1.11. The third-order valence-electron chi connectivity index (χ3n) is 3.94. The number of aliphatic hydroxyl groups excluding tert-OH is 1. The Hall–Kier alpha value is -2.15. The average Bonchev–Trinajstić information content (AvgIpc) is 2.42. The number of hydrogen-bond donors (Lipinski definition) is 3. The highest BCUT2D eigenvalue weighted by Crippen LogP contribution is 2.26. The summed E-state index contributed by atoms with van der Waals surface area (Å²) in [6.45, 7) is 6.05. The van der Waals surface area contributed by atoms with Crippen molar-refractivity contribution < 1.29 is 5.11 Å². The van der Waals surface area contributed by atoms with Gasteiger partial charge in [-0.2, -0.15) is 0 Å². The molecule has 0 aromatic carbocycles. The Morgan fingerprint density at radius 3 is 2.65 bits per heavy atom. The van der Waals surface area contributed by atoms with E-state index >= 15 is 0 Å². The second kappa shape index (κ2) is 5.49. The fraction of sp³-hybridized carbons (Fsp3) is 0.562. The summed E-state index contributed by atoms with van der Waals surface area (Å²) in [4.78, 5) is 21.5. The Kier molecular flexibility index (Phi) is 3.75. The second-order valence-corrected chi connectivity index (χ2v) is 7.20. The normalized spacial score (nSPS) is 21.1. The molecular weight excluding hydrogens is 294 g/mol. The van der Waals surface area contributed by atoms with Gasteiger partial charge in [-0.15, -0.1) is 0 Å². The van der Waals surface area contributed by atoms with Crippen LogP contribution in [0.4, 0.5) is 11.8 Å². The van der Waals surface area contributed by atoms with Gasteiger partial charge in [-0.05, 0) is 39.7 Å². The Morgan fingerprint density at radius 1 is 1.35 bits per heavy atom. The molecule has 0 atom stereocenters. The van der Waals surface area contributed by atoms with Crippen molar-refractivity contribution in [2.75, 3.05) is 10.6 Å². The van der Waals surface area contributed by atoms with Crippen molar-refractivity contribution in [3.63, 3.8) is 0 Å². The molecule has 3 N–H and O–H groups in total. The maximum absolute atomic E-state index is 12.6. The highest BCUT2D eigenvalue weighted by atomic mass is 16.3. The molecule has 0 amide bonds. The molecule has 1 fully saturated rings. The van der Waals surface area contributed by atoms with E-state index < -0.39 is 0 Å². The lowest BCUT2D eigenvalue weighted by Crippen LogP contribution is -2.39. The predicted molar refractivity (Wildman–Crippen MR) is 90.8 cm³/mol. The number of rotatable bonds is 3. The smallest absolute Gasteiger partial charge is 0.262 e. The van der Waals surface area contributed by atoms with Crippen LogP contribution in [0.5, 0.6) is 0 Å². The predicted octanol–water partition coefficient (Wildman–Crippen LogP) is 1.47. The lowest BCUT2D eigenvalue weighted by molar-refractivity contribution is 0.0836. The van der Waals surface area contributed by atoms with Crippen LogP contribution < -0.4 is 16.2 Å². The SMILES string of the molecule is Cn1c(NC(C)(C)C)nc2c(NC3CC(O)C3)nccc2c1=O. The topological polar surface area (TPSA) is 92.1 Å². The van der Waals surface area contributed by atoms with Crippen LogP contribution in [0.1, 0.15) is 33.6 Å². The van der Waals surface area contributed by atoms with Crippen molar-refractivity contribution in [1.82, 2.24) is 14.5 Å². The highest BCUT2D eigenvalue weighted by Gasteiger charge is 2.28. The minimum atomic E-state index is -0.249. The third-order valence-corrected chi connectivity index (χ3v) is 3.94. The summed E-state index contributed by atoms with van der Waals surface area (Å²) in [5, 5.41) is 16.5. The van der Waals surface area contributed by atoms with Crippen molar-refractivity contribution in [1.29, 1.82) is 0 Å². The molecular formula is C16H23N5O2. The second-order valence-electron chi connectivity index (χ2n) is 7.20. The molecule has 2 aromatic heterocycles. The van der Waals surface area contributed by atoms with E-state index in [9.17, 15) is 9.90 Å². The van der Waals surface area contributed by atoms with Gasteiger partial charge in [0.15, 0.2) is 5.82 Å². The summed E-state index contributed by atoms with van der Waals surface area (Å²) in [7, 11) is 1.71. The van der Waals surface area contributed by atoms with E-state index in [4.69, 9.17) is 0 Å². The fourth-order valence-electron chi connectivity index (χ4n) is 2.65. The number of aromatic nitrogens is 3. The minimum absolute atomic E-state index is 0.110. The molecule has 7 nitrogen and oxygen atoms in total. The van der Waals surface area contributed by atoms with Gasteiger partial charge in [0, 0.05) is 24.8 Å². The van der Waals surface area contributed by atoms with Gasteiger partial charge in [-0.25, -0.2) is 9.97 Å². The number of aliphatic hydroxyl groups is 1. The average molecular weight is 317 g/mol. The van der Waals surface area contributed by atoms with E-state index in [1.165, 1.54) is 4.57 Å². The van der Waals surface area contributed by atoms with Gasteiger partial charge >= 0.3 is 0 Å². The molecule has 1 aliphatic carbocycles. The molecule has 23 heavy (non-hydrogen) atoms. The zero-order chi connectivity index (χ0) is 16.8. The van der Waals surface area contributed by atoms with Gasteiger partial charge in [0.25, 0.3) is 5.56 Å². The van der Waals surface area contributed by atoms with Gasteiger partial charge in [-0.3, -0.25) is 9.36 Å². The molecule has 3 rings (SSSR count). The Bertz CT molecular complexity index is 787. The number of anilines is 2. The van der Waals surface area contributed by atoms with E-state index in [0.29, 0.717) is 35.5 Å². The van der Waals surface area contributed by atoms with E-state index in [0.717, 1.165) is 0 Å². The van der Waals surface area contributed by atoms with Crippen molar-refractivity contribution in [2.24, 2.45) is 7.05 Å². The maximum atomic E-state index is 12.6. The molecule has 1 aliphatic rings. The van der Waals surface area contributed by atoms with Crippen LogP contribution in [-0.2, 0) is 7.05 Å². The number of nitrogens with zero attached hydrogens (tertiary/aromatic N) is 3.